The van der Waals surface area contributed by atoms with Crippen LogP contribution in [0.2, 0.25) is 0 Å². The molecule has 0 spiro atoms. The Labute approximate surface area is 115 Å². The first kappa shape index (κ1) is 14.3. The zero-order valence-corrected chi connectivity index (χ0v) is 12.1. The van der Waals surface area contributed by atoms with E-state index in [1.54, 1.807) is 18.2 Å². The van der Waals surface area contributed by atoms with Crippen LogP contribution in [0.5, 0.6) is 0 Å². The molecule has 0 saturated carbocycles. The highest BCUT2D eigenvalue weighted by molar-refractivity contribution is 7.90. The lowest BCUT2D eigenvalue weighted by atomic mass is 10.1. The van der Waals surface area contributed by atoms with E-state index in [0.717, 1.165) is 32.4 Å². The molecule has 1 atom stereocenters. The first-order chi connectivity index (χ1) is 9.07. The van der Waals surface area contributed by atoms with Crippen LogP contribution in [0.15, 0.2) is 29.2 Å². The van der Waals surface area contributed by atoms with E-state index in [-0.39, 0.29) is 0 Å². The molecule has 1 saturated heterocycles. The predicted molar refractivity (Wildman–Crippen MR) is 76.2 cm³/mol. The molecule has 0 aromatic heterocycles. The van der Waals surface area contributed by atoms with Crippen molar-refractivity contribution in [3.05, 3.63) is 24.3 Å². The number of nitrogens with one attached hydrogen (secondary N) is 1. The number of ether oxygens (including phenoxy) is 1. The van der Waals surface area contributed by atoms with Crippen molar-refractivity contribution in [3.8, 4) is 0 Å². The first-order valence-corrected chi connectivity index (χ1v) is 8.61. The molecular formula is C14H21NO3S. The molecule has 1 aliphatic heterocycles. The fraction of sp³-hybridized carbons (Fsp3) is 0.571. The van der Waals surface area contributed by atoms with Crippen LogP contribution in [0.1, 0.15) is 25.7 Å². The van der Waals surface area contributed by atoms with Gasteiger partial charge in [-0.2, -0.15) is 0 Å². The van der Waals surface area contributed by atoms with Crippen LogP contribution in [-0.2, 0) is 14.6 Å². The Kier molecular flexibility index (Phi) is 4.82. The molecule has 1 N–H and O–H groups in total. The maximum atomic E-state index is 11.7. The van der Waals surface area contributed by atoms with Crippen molar-refractivity contribution in [2.45, 2.75) is 36.7 Å². The second-order valence-electron chi connectivity index (χ2n) is 4.97. The molecule has 1 unspecified atom stereocenters. The summed E-state index contributed by atoms with van der Waals surface area (Å²) in [6.45, 7) is 1.59. The summed E-state index contributed by atoms with van der Waals surface area (Å²) in [6, 6.07) is 7.02. The van der Waals surface area contributed by atoms with Gasteiger partial charge in [0.25, 0.3) is 0 Å². The minimum Gasteiger partial charge on any atom is -0.384 e. The molecule has 0 aliphatic carbocycles. The van der Waals surface area contributed by atoms with Gasteiger partial charge in [0, 0.05) is 19.4 Å². The third-order valence-corrected chi connectivity index (χ3v) is 4.50. The second kappa shape index (κ2) is 6.39. The summed E-state index contributed by atoms with van der Waals surface area (Å²) in [7, 11) is -3.18. The molecule has 5 heteroatoms. The summed E-state index contributed by atoms with van der Waals surface area (Å²) in [5, 5.41) is 3.21. The smallest absolute Gasteiger partial charge is 0.177 e. The largest absolute Gasteiger partial charge is 0.384 e. The van der Waals surface area contributed by atoms with Crippen LogP contribution in [0.25, 0.3) is 0 Å². The van der Waals surface area contributed by atoms with Gasteiger partial charge in [-0.25, -0.2) is 8.42 Å². The molecule has 2 rings (SSSR count). The lowest BCUT2D eigenvalue weighted by Crippen LogP contribution is -2.22. The summed E-state index contributed by atoms with van der Waals surface area (Å²) in [4.78, 5) is 0.361. The Balaban J connectivity index is 1.92. The lowest BCUT2D eigenvalue weighted by Gasteiger charge is -2.23. The molecule has 106 valence electrons. The summed E-state index contributed by atoms with van der Waals surface area (Å²) < 4.78 is 29.0. The van der Waals surface area contributed by atoms with Gasteiger partial charge in [0.1, 0.15) is 0 Å². The third kappa shape index (κ3) is 4.21. The number of hydrogen-bond donors (Lipinski definition) is 1. The van der Waals surface area contributed by atoms with E-state index >= 15 is 0 Å². The molecule has 0 bridgehead atoms. The van der Waals surface area contributed by atoms with Crippen LogP contribution in [0.4, 0.5) is 5.69 Å². The van der Waals surface area contributed by atoms with Crippen molar-refractivity contribution >= 4 is 15.5 Å². The molecule has 1 aromatic rings. The highest BCUT2D eigenvalue weighted by atomic mass is 32.2. The minimum atomic E-state index is -3.18. The number of hydrogen-bond acceptors (Lipinski definition) is 4. The van der Waals surface area contributed by atoms with Gasteiger partial charge >= 0.3 is 0 Å². The van der Waals surface area contributed by atoms with E-state index in [1.165, 1.54) is 12.7 Å². The summed E-state index contributed by atoms with van der Waals surface area (Å²) >= 11 is 0. The van der Waals surface area contributed by atoms with Gasteiger partial charge < -0.3 is 10.1 Å². The third-order valence-electron chi connectivity index (χ3n) is 3.34. The SMILES string of the molecule is CS(=O)(=O)c1ccccc1NCCC1CCCCO1. The van der Waals surface area contributed by atoms with Crippen molar-refractivity contribution < 1.29 is 13.2 Å². The maximum Gasteiger partial charge on any atom is 0.177 e. The summed E-state index contributed by atoms with van der Waals surface area (Å²) in [6.07, 6.45) is 5.95. The van der Waals surface area contributed by atoms with Gasteiger partial charge in [-0.3, -0.25) is 0 Å². The van der Waals surface area contributed by atoms with Gasteiger partial charge in [-0.05, 0) is 37.8 Å². The van der Waals surface area contributed by atoms with Crippen LogP contribution < -0.4 is 5.32 Å². The van der Waals surface area contributed by atoms with Crippen LogP contribution in [0.3, 0.4) is 0 Å². The Morgan fingerprint density at radius 3 is 2.79 bits per heavy atom. The summed E-state index contributed by atoms with van der Waals surface area (Å²) in [5.41, 5.74) is 0.681. The molecule has 4 nitrogen and oxygen atoms in total. The monoisotopic (exact) mass is 283 g/mol. The van der Waals surface area contributed by atoms with E-state index in [4.69, 9.17) is 4.74 Å². The zero-order chi connectivity index (χ0) is 13.7. The first-order valence-electron chi connectivity index (χ1n) is 6.72. The fourth-order valence-electron chi connectivity index (χ4n) is 2.34. The highest BCUT2D eigenvalue weighted by Crippen LogP contribution is 2.21. The van der Waals surface area contributed by atoms with E-state index < -0.39 is 9.84 Å². The average Bonchev–Trinajstić information content (AvgIpc) is 2.39. The Bertz CT molecular complexity index is 507. The Morgan fingerprint density at radius 2 is 2.11 bits per heavy atom. The van der Waals surface area contributed by atoms with Crippen molar-refractivity contribution in [1.29, 1.82) is 0 Å². The molecule has 1 heterocycles. The van der Waals surface area contributed by atoms with E-state index in [1.807, 2.05) is 6.07 Å². The quantitative estimate of drug-likeness (QED) is 0.902. The second-order valence-corrected chi connectivity index (χ2v) is 6.96. The van der Waals surface area contributed by atoms with E-state index in [2.05, 4.69) is 5.32 Å². The van der Waals surface area contributed by atoms with Gasteiger partial charge in [0.05, 0.1) is 16.7 Å². The molecule has 0 radical (unpaired) electrons. The number of benzene rings is 1. The predicted octanol–water partition coefficient (Wildman–Crippen LogP) is 2.46. The number of rotatable bonds is 5. The Morgan fingerprint density at radius 1 is 1.32 bits per heavy atom. The van der Waals surface area contributed by atoms with E-state index in [9.17, 15) is 8.42 Å². The van der Waals surface area contributed by atoms with Gasteiger partial charge in [0.15, 0.2) is 9.84 Å². The topological polar surface area (TPSA) is 55.4 Å². The maximum absolute atomic E-state index is 11.7. The number of anilines is 1. The van der Waals surface area contributed by atoms with Crippen LogP contribution in [0, 0.1) is 0 Å². The normalized spacial score (nSPS) is 20.2. The lowest BCUT2D eigenvalue weighted by molar-refractivity contribution is 0.0134. The van der Waals surface area contributed by atoms with Crippen molar-refractivity contribution in [1.82, 2.24) is 0 Å². The molecule has 1 aromatic carbocycles. The molecule has 0 amide bonds. The van der Waals surface area contributed by atoms with Crippen molar-refractivity contribution in [3.63, 3.8) is 0 Å². The molecule has 1 fully saturated rings. The van der Waals surface area contributed by atoms with Gasteiger partial charge in [-0.15, -0.1) is 0 Å². The van der Waals surface area contributed by atoms with E-state index in [0.29, 0.717) is 16.7 Å². The minimum absolute atomic E-state index is 0.312. The van der Waals surface area contributed by atoms with Crippen LogP contribution in [-0.4, -0.2) is 33.9 Å². The van der Waals surface area contributed by atoms with Crippen LogP contribution >= 0.6 is 0 Å². The van der Waals surface area contributed by atoms with Gasteiger partial charge in [-0.1, -0.05) is 12.1 Å². The van der Waals surface area contributed by atoms with Crippen molar-refractivity contribution in [2.24, 2.45) is 0 Å². The highest BCUT2D eigenvalue weighted by Gasteiger charge is 2.15. The molecular weight excluding hydrogens is 262 g/mol. The summed E-state index contributed by atoms with van der Waals surface area (Å²) in [5.74, 6) is 0. The zero-order valence-electron chi connectivity index (χ0n) is 11.3. The van der Waals surface area contributed by atoms with Gasteiger partial charge in [0.2, 0.25) is 0 Å². The molecule has 19 heavy (non-hydrogen) atoms. The number of para-hydroxylation sites is 1. The average molecular weight is 283 g/mol. The molecule has 1 aliphatic rings. The standard InChI is InChI=1S/C14H21NO3S/c1-19(16,17)14-8-3-2-7-13(14)15-10-9-12-6-4-5-11-18-12/h2-3,7-8,12,15H,4-6,9-11H2,1H3. The number of sulfone groups is 1. The Hall–Kier alpha value is -1.07. The fourth-order valence-corrected chi connectivity index (χ4v) is 3.20. The van der Waals surface area contributed by atoms with Crippen molar-refractivity contribution in [2.75, 3.05) is 24.7 Å².